The van der Waals surface area contributed by atoms with Gasteiger partial charge in [-0.2, -0.15) is 0 Å². The third kappa shape index (κ3) is 2.45. The molecule has 0 unspecified atom stereocenters. The van der Waals surface area contributed by atoms with Crippen molar-refractivity contribution in [1.82, 2.24) is 9.97 Å². The topological polar surface area (TPSA) is 37.8 Å². The summed E-state index contributed by atoms with van der Waals surface area (Å²) in [6.45, 7) is 2.34. The van der Waals surface area contributed by atoms with Crippen LogP contribution in [-0.4, -0.2) is 16.0 Å². The molecule has 1 aliphatic carbocycles. The molecular formula is C15H19N3. The third-order valence-electron chi connectivity index (χ3n) is 3.84. The Morgan fingerprint density at radius 3 is 2.72 bits per heavy atom. The van der Waals surface area contributed by atoms with E-state index in [4.69, 9.17) is 0 Å². The Labute approximate surface area is 108 Å². The highest BCUT2D eigenvalue weighted by Crippen LogP contribution is 2.25. The first kappa shape index (κ1) is 11.5. The van der Waals surface area contributed by atoms with Crippen molar-refractivity contribution in [2.24, 2.45) is 5.92 Å². The number of benzene rings is 1. The highest BCUT2D eigenvalue weighted by molar-refractivity contribution is 5.78. The van der Waals surface area contributed by atoms with Gasteiger partial charge in [0.2, 0.25) is 5.95 Å². The van der Waals surface area contributed by atoms with Gasteiger partial charge in [-0.1, -0.05) is 25.1 Å². The minimum atomic E-state index is 0.544. The van der Waals surface area contributed by atoms with Gasteiger partial charge in [0, 0.05) is 17.6 Å². The first-order valence-corrected chi connectivity index (χ1v) is 6.79. The van der Waals surface area contributed by atoms with Gasteiger partial charge in [-0.3, -0.25) is 0 Å². The first-order valence-electron chi connectivity index (χ1n) is 6.79. The van der Waals surface area contributed by atoms with Gasteiger partial charge in [-0.05, 0) is 37.7 Å². The molecule has 0 bridgehead atoms. The number of hydrogen-bond donors (Lipinski definition) is 1. The maximum Gasteiger partial charge on any atom is 0.223 e. The normalized spacial score (nSPS) is 24.1. The molecule has 3 rings (SSSR count). The van der Waals surface area contributed by atoms with Crippen molar-refractivity contribution in [1.29, 1.82) is 0 Å². The van der Waals surface area contributed by atoms with Crippen LogP contribution in [0.4, 0.5) is 5.95 Å². The Balaban J connectivity index is 1.74. The van der Waals surface area contributed by atoms with Crippen LogP contribution in [-0.2, 0) is 0 Å². The summed E-state index contributed by atoms with van der Waals surface area (Å²) in [5, 5.41) is 4.57. The van der Waals surface area contributed by atoms with Crippen LogP contribution in [0.25, 0.3) is 10.9 Å². The van der Waals surface area contributed by atoms with Crippen LogP contribution in [0.1, 0.15) is 32.6 Å². The summed E-state index contributed by atoms with van der Waals surface area (Å²) in [5.74, 6) is 1.65. The zero-order valence-electron chi connectivity index (χ0n) is 10.8. The molecule has 1 saturated carbocycles. The molecule has 1 N–H and O–H groups in total. The molecular weight excluding hydrogens is 222 g/mol. The van der Waals surface area contributed by atoms with Crippen LogP contribution < -0.4 is 5.32 Å². The summed E-state index contributed by atoms with van der Waals surface area (Å²) in [4.78, 5) is 8.96. The fourth-order valence-corrected chi connectivity index (χ4v) is 2.63. The van der Waals surface area contributed by atoms with Crippen molar-refractivity contribution in [3.8, 4) is 0 Å². The average Bonchev–Trinajstić information content (AvgIpc) is 2.41. The molecule has 1 heterocycles. The van der Waals surface area contributed by atoms with Crippen molar-refractivity contribution in [2.75, 3.05) is 5.32 Å². The van der Waals surface area contributed by atoms with Gasteiger partial charge < -0.3 is 5.32 Å². The van der Waals surface area contributed by atoms with E-state index in [9.17, 15) is 0 Å². The summed E-state index contributed by atoms with van der Waals surface area (Å²) in [7, 11) is 0. The fraction of sp³-hybridized carbons (Fsp3) is 0.467. The summed E-state index contributed by atoms with van der Waals surface area (Å²) >= 11 is 0. The van der Waals surface area contributed by atoms with E-state index in [2.05, 4.69) is 22.2 Å². The lowest BCUT2D eigenvalue weighted by atomic mass is 9.87. The van der Waals surface area contributed by atoms with Crippen LogP contribution in [0, 0.1) is 5.92 Å². The Bertz CT molecular complexity index is 530. The Kier molecular flexibility index (Phi) is 3.13. The smallest absolute Gasteiger partial charge is 0.223 e. The quantitative estimate of drug-likeness (QED) is 0.872. The van der Waals surface area contributed by atoms with E-state index in [1.807, 2.05) is 30.5 Å². The molecule has 1 aromatic heterocycles. The van der Waals surface area contributed by atoms with E-state index in [1.54, 1.807) is 0 Å². The number of rotatable bonds is 2. The van der Waals surface area contributed by atoms with Gasteiger partial charge in [0.05, 0.1) is 5.52 Å². The average molecular weight is 241 g/mol. The highest BCUT2D eigenvalue weighted by atomic mass is 15.1. The van der Waals surface area contributed by atoms with E-state index >= 15 is 0 Å². The fourth-order valence-electron chi connectivity index (χ4n) is 2.63. The van der Waals surface area contributed by atoms with E-state index in [0.717, 1.165) is 22.8 Å². The SMILES string of the molecule is CC1CCC(Nc2ncc3ccccc3n2)CC1. The summed E-state index contributed by atoms with van der Waals surface area (Å²) in [6.07, 6.45) is 6.99. The molecule has 2 aromatic rings. The molecule has 94 valence electrons. The number of aromatic nitrogens is 2. The molecule has 0 spiro atoms. The van der Waals surface area contributed by atoms with Gasteiger partial charge in [0.15, 0.2) is 0 Å². The standard InChI is InChI=1S/C15H19N3/c1-11-6-8-13(9-7-11)17-15-16-10-12-4-2-3-5-14(12)18-15/h2-5,10-11,13H,6-9H2,1H3,(H,16,17,18). The number of fused-ring (bicyclic) bond motifs is 1. The second-order valence-electron chi connectivity index (χ2n) is 5.35. The predicted octanol–water partition coefficient (Wildman–Crippen LogP) is 3.62. The molecule has 0 saturated heterocycles. The maximum atomic E-state index is 4.57. The molecule has 0 aliphatic heterocycles. The number of nitrogens with zero attached hydrogens (tertiary/aromatic N) is 2. The maximum absolute atomic E-state index is 4.57. The monoisotopic (exact) mass is 241 g/mol. The lowest BCUT2D eigenvalue weighted by Crippen LogP contribution is -2.26. The molecule has 0 amide bonds. The lowest BCUT2D eigenvalue weighted by molar-refractivity contribution is 0.360. The van der Waals surface area contributed by atoms with Crippen molar-refractivity contribution in [3.63, 3.8) is 0 Å². The lowest BCUT2D eigenvalue weighted by Gasteiger charge is -2.26. The van der Waals surface area contributed by atoms with Crippen LogP contribution in [0.2, 0.25) is 0 Å². The van der Waals surface area contributed by atoms with Crippen molar-refractivity contribution in [3.05, 3.63) is 30.5 Å². The second kappa shape index (κ2) is 4.92. The minimum absolute atomic E-state index is 0.544. The van der Waals surface area contributed by atoms with E-state index in [-0.39, 0.29) is 0 Å². The molecule has 0 atom stereocenters. The number of nitrogens with one attached hydrogen (secondary N) is 1. The summed E-state index contributed by atoms with van der Waals surface area (Å²) in [6, 6.07) is 8.65. The van der Waals surface area contributed by atoms with Gasteiger partial charge >= 0.3 is 0 Å². The van der Waals surface area contributed by atoms with Crippen molar-refractivity contribution >= 4 is 16.9 Å². The zero-order chi connectivity index (χ0) is 12.4. The number of para-hydroxylation sites is 1. The summed E-state index contributed by atoms with van der Waals surface area (Å²) < 4.78 is 0. The van der Waals surface area contributed by atoms with Crippen LogP contribution in [0.5, 0.6) is 0 Å². The molecule has 3 heteroatoms. The highest BCUT2D eigenvalue weighted by Gasteiger charge is 2.18. The minimum Gasteiger partial charge on any atom is -0.351 e. The Morgan fingerprint density at radius 2 is 1.89 bits per heavy atom. The molecule has 1 fully saturated rings. The van der Waals surface area contributed by atoms with Crippen molar-refractivity contribution < 1.29 is 0 Å². The van der Waals surface area contributed by atoms with E-state index in [1.165, 1.54) is 25.7 Å². The van der Waals surface area contributed by atoms with E-state index in [0.29, 0.717) is 6.04 Å². The zero-order valence-corrected chi connectivity index (χ0v) is 10.8. The van der Waals surface area contributed by atoms with Crippen molar-refractivity contribution in [2.45, 2.75) is 38.6 Å². The van der Waals surface area contributed by atoms with Crippen LogP contribution in [0.15, 0.2) is 30.5 Å². The largest absolute Gasteiger partial charge is 0.351 e. The molecule has 3 nitrogen and oxygen atoms in total. The molecule has 1 aromatic carbocycles. The number of anilines is 1. The van der Waals surface area contributed by atoms with Gasteiger partial charge in [0.1, 0.15) is 0 Å². The predicted molar refractivity (Wildman–Crippen MR) is 74.6 cm³/mol. The third-order valence-corrected chi connectivity index (χ3v) is 3.84. The van der Waals surface area contributed by atoms with Crippen LogP contribution >= 0.6 is 0 Å². The van der Waals surface area contributed by atoms with E-state index < -0.39 is 0 Å². The molecule has 1 aliphatic rings. The first-order chi connectivity index (χ1) is 8.81. The van der Waals surface area contributed by atoms with Gasteiger partial charge in [-0.15, -0.1) is 0 Å². The Morgan fingerprint density at radius 1 is 1.11 bits per heavy atom. The summed E-state index contributed by atoms with van der Waals surface area (Å²) in [5.41, 5.74) is 1.01. The van der Waals surface area contributed by atoms with Crippen LogP contribution in [0.3, 0.4) is 0 Å². The molecule has 18 heavy (non-hydrogen) atoms. The number of hydrogen-bond acceptors (Lipinski definition) is 3. The Hall–Kier alpha value is -1.64. The van der Waals surface area contributed by atoms with Gasteiger partial charge in [-0.25, -0.2) is 9.97 Å². The molecule has 0 radical (unpaired) electrons. The second-order valence-corrected chi connectivity index (χ2v) is 5.35. The van der Waals surface area contributed by atoms with Gasteiger partial charge in [0.25, 0.3) is 0 Å².